The molecule has 6 nitrogen and oxygen atoms in total. The van der Waals surface area contributed by atoms with Crippen molar-refractivity contribution >= 4 is 11.9 Å². The molecule has 25 heavy (non-hydrogen) atoms. The van der Waals surface area contributed by atoms with E-state index < -0.39 is 23.3 Å². The van der Waals surface area contributed by atoms with Crippen LogP contribution in [0.5, 0.6) is 0 Å². The second-order valence-corrected chi connectivity index (χ2v) is 6.19. The number of aryl methyl sites for hydroxylation is 2. The highest BCUT2D eigenvalue weighted by Crippen LogP contribution is 2.33. The Morgan fingerprint density at radius 1 is 1.32 bits per heavy atom. The first-order chi connectivity index (χ1) is 11.8. The van der Waals surface area contributed by atoms with Gasteiger partial charge in [0.1, 0.15) is 22.9 Å². The normalized spacial score (nSPS) is 19.9. The molecule has 1 atom stereocenters. The molecule has 3 amide bonds. The van der Waals surface area contributed by atoms with Gasteiger partial charge in [0, 0.05) is 11.1 Å². The van der Waals surface area contributed by atoms with Gasteiger partial charge in [-0.1, -0.05) is 6.07 Å². The Morgan fingerprint density at radius 2 is 2.04 bits per heavy atom. The summed E-state index contributed by atoms with van der Waals surface area (Å²) >= 11 is 0. The van der Waals surface area contributed by atoms with Crippen LogP contribution in [0.15, 0.2) is 28.7 Å². The van der Waals surface area contributed by atoms with Gasteiger partial charge in [0.25, 0.3) is 5.91 Å². The summed E-state index contributed by atoms with van der Waals surface area (Å²) in [6.45, 7) is 4.86. The quantitative estimate of drug-likeness (QED) is 0.870. The van der Waals surface area contributed by atoms with E-state index in [-0.39, 0.29) is 17.7 Å². The Bertz CT molecular complexity index is 928. The number of carbonyl (C=O) groups is 2. The van der Waals surface area contributed by atoms with Gasteiger partial charge in [-0.25, -0.2) is 9.18 Å². The van der Waals surface area contributed by atoms with Crippen molar-refractivity contribution in [2.24, 2.45) is 0 Å². The zero-order valence-corrected chi connectivity index (χ0v) is 14.0. The molecule has 0 saturated carbocycles. The average molecular weight is 341 g/mol. The molecule has 1 aliphatic rings. The molecule has 0 unspecified atom stereocenters. The van der Waals surface area contributed by atoms with E-state index in [1.807, 2.05) is 6.07 Å². The van der Waals surface area contributed by atoms with Gasteiger partial charge in [0.05, 0.1) is 18.2 Å². The summed E-state index contributed by atoms with van der Waals surface area (Å²) in [7, 11) is 0. The Hall–Kier alpha value is -3.14. The maximum absolute atomic E-state index is 14.1. The van der Waals surface area contributed by atoms with Gasteiger partial charge < -0.3 is 9.73 Å². The number of nitrogens with zero attached hydrogens (tertiary/aromatic N) is 2. The predicted octanol–water partition coefficient (Wildman–Crippen LogP) is 2.87. The average Bonchev–Trinajstić information content (AvgIpc) is 3.01. The molecule has 3 rings (SSSR count). The van der Waals surface area contributed by atoms with Crippen molar-refractivity contribution in [3.63, 3.8) is 0 Å². The molecular formula is C18H16FN3O3. The number of benzene rings is 1. The molecular weight excluding hydrogens is 325 g/mol. The van der Waals surface area contributed by atoms with Gasteiger partial charge >= 0.3 is 6.03 Å². The minimum Gasteiger partial charge on any atom is -0.466 e. The van der Waals surface area contributed by atoms with E-state index in [1.165, 1.54) is 12.1 Å². The number of carbonyl (C=O) groups excluding carboxylic acids is 2. The van der Waals surface area contributed by atoms with Crippen molar-refractivity contribution in [2.45, 2.75) is 32.9 Å². The largest absolute Gasteiger partial charge is 0.466 e. The van der Waals surface area contributed by atoms with Gasteiger partial charge in [0.15, 0.2) is 0 Å². The molecule has 0 bridgehead atoms. The summed E-state index contributed by atoms with van der Waals surface area (Å²) in [5.74, 6) is 0.0566. The van der Waals surface area contributed by atoms with Crippen LogP contribution in [0.25, 0.3) is 0 Å². The fourth-order valence-electron chi connectivity index (χ4n) is 3.07. The lowest BCUT2D eigenvalue weighted by molar-refractivity contribution is -0.131. The Balaban J connectivity index is 1.92. The maximum atomic E-state index is 14.1. The van der Waals surface area contributed by atoms with Gasteiger partial charge in [0.2, 0.25) is 0 Å². The third-order valence-corrected chi connectivity index (χ3v) is 4.37. The number of furan rings is 1. The smallest absolute Gasteiger partial charge is 0.325 e. The van der Waals surface area contributed by atoms with Crippen LogP contribution in [0.2, 0.25) is 0 Å². The second kappa shape index (κ2) is 5.74. The van der Waals surface area contributed by atoms with Crippen molar-refractivity contribution in [2.75, 3.05) is 0 Å². The Labute approximate surface area is 143 Å². The van der Waals surface area contributed by atoms with E-state index in [0.29, 0.717) is 17.1 Å². The number of rotatable bonds is 3. The fourth-order valence-corrected chi connectivity index (χ4v) is 3.07. The van der Waals surface area contributed by atoms with Crippen LogP contribution in [-0.2, 0) is 16.9 Å². The number of amides is 3. The molecule has 1 aromatic carbocycles. The molecule has 1 fully saturated rings. The van der Waals surface area contributed by atoms with Gasteiger partial charge in [-0.3, -0.25) is 9.69 Å². The standard InChI is InChI=1S/C18H16FN3O3/c1-10-6-14(11(2)25-10)18(3)16(23)22(17(24)21-18)9-13-5-4-12(8-20)7-15(13)19/h4-7H,9H2,1-3H3,(H,21,24)/t18-/m1/s1. The van der Waals surface area contributed by atoms with E-state index >= 15 is 0 Å². The Kier molecular flexibility index (Phi) is 3.84. The van der Waals surface area contributed by atoms with Crippen molar-refractivity contribution in [3.05, 3.63) is 58.3 Å². The van der Waals surface area contributed by atoms with Gasteiger partial charge in [-0.15, -0.1) is 0 Å². The number of urea groups is 1. The molecule has 0 aliphatic carbocycles. The molecule has 7 heteroatoms. The van der Waals surface area contributed by atoms with Crippen molar-refractivity contribution in [3.8, 4) is 6.07 Å². The van der Waals surface area contributed by atoms with Crippen LogP contribution in [0.3, 0.4) is 0 Å². The number of nitrogens with one attached hydrogen (secondary N) is 1. The highest BCUT2D eigenvalue weighted by atomic mass is 19.1. The van der Waals surface area contributed by atoms with Crippen molar-refractivity contribution in [1.82, 2.24) is 10.2 Å². The minimum absolute atomic E-state index is 0.159. The highest BCUT2D eigenvalue weighted by molar-refractivity contribution is 6.07. The molecule has 128 valence electrons. The minimum atomic E-state index is -1.26. The van der Waals surface area contributed by atoms with Crippen LogP contribution < -0.4 is 5.32 Å². The summed E-state index contributed by atoms with van der Waals surface area (Å²) in [6, 6.07) is 6.87. The summed E-state index contributed by atoms with van der Waals surface area (Å²) in [6.07, 6.45) is 0. The topological polar surface area (TPSA) is 86.3 Å². The molecule has 1 N–H and O–H groups in total. The summed E-state index contributed by atoms with van der Waals surface area (Å²) in [4.78, 5) is 26.1. The summed E-state index contributed by atoms with van der Waals surface area (Å²) in [5, 5.41) is 11.5. The lowest BCUT2D eigenvalue weighted by Gasteiger charge is -2.21. The lowest BCUT2D eigenvalue weighted by atomic mass is 9.92. The summed E-state index contributed by atoms with van der Waals surface area (Å²) in [5.41, 5.74) is -0.354. The zero-order valence-electron chi connectivity index (χ0n) is 14.0. The SMILES string of the molecule is Cc1cc([C@@]2(C)NC(=O)N(Cc3ccc(C#N)cc3F)C2=O)c(C)o1. The van der Waals surface area contributed by atoms with Gasteiger partial charge in [-0.2, -0.15) is 5.26 Å². The molecule has 1 saturated heterocycles. The van der Waals surface area contributed by atoms with Crippen LogP contribution in [0, 0.1) is 31.0 Å². The lowest BCUT2D eigenvalue weighted by Crippen LogP contribution is -2.41. The highest BCUT2D eigenvalue weighted by Gasteiger charge is 2.50. The van der Waals surface area contributed by atoms with Crippen molar-refractivity contribution in [1.29, 1.82) is 5.26 Å². The van der Waals surface area contributed by atoms with Crippen LogP contribution >= 0.6 is 0 Å². The van der Waals surface area contributed by atoms with Crippen LogP contribution in [0.4, 0.5) is 9.18 Å². The number of hydrogen-bond acceptors (Lipinski definition) is 4. The van der Waals surface area contributed by atoms with E-state index in [2.05, 4.69) is 5.32 Å². The number of hydrogen-bond donors (Lipinski definition) is 1. The predicted molar refractivity (Wildman–Crippen MR) is 85.7 cm³/mol. The molecule has 1 aliphatic heterocycles. The molecule has 0 radical (unpaired) electrons. The molecule has 0 spiro atoms. The monoisotopic (exact) mass is 341 g/mol. The molecule has 2 heterocycles. The van der Waals surface area contributed by atoms with Crippen LogP contribution in [0.1, 0.15) is 35.1 Å². The first-order valence-corrected chi connectivity index (χ1v) is 7.66. The van der Waals surface area contributed by atoms with E-state index in [4.69, 9.17) is 9.68 Å². The third-order valence-electron chi connectivity index (χ3n) is 4.37. The number of imide groups is 1. The fraction of sp³-hybridized carbons (Fsp3) is 0.278. The van der Waals surface area contributed by atoms with E-state index in [1.54, 1.807) is 26.8 Å². The Morgan fingerprint density at radius 3 is 2.60 bits per heavy atom. The maximum Gasteiger partial charge on any atom is 0.325 e. The second-order valence-electron chi connectivity index (χ2n) is 6.19. The summed E-state index contributed by atoms with van der Waals surface area (Å²) < 4.78 is 19.6. The first-order valence-electron chi connectivity index (χ1n) is 7.66. The van der Waals surface area contributed by atoms with E-state index in [9.17, 15) is 14.0 Å². The molecule has 2 aromatic rings. The first kappa shape index (κ1) is 16.7. The van der Waals surface area contributed by atoms with Gasteiger partial charge in [-0.05, 0) is 39.0 Å². The van der Waals surface area contributed by atoms with Crippen LogP contribution in [-0.4, -0.2) is 16.8 Å². The van der Waals surface area contributed by atoms with E-state index in [0.717, 1.165) is 11.0 Å². The number of halogens is 1. The number of nitriles is 1. The van der Waals surface area contributed by atoms with Crippen molar-refractivity contribution < 1.29 is 18.4 Å². The zero-order chi connectivity index (χ0) is 18.4. The third kappa shape index (κ3) is 2.66. The molecule has 1 aromatic heterocycles.